The average molecular weight is 681 g/mol. The maximum atomic E-state index is 11.8. The zero-order valence-electron chi connectivity index (χ0n) is 26.9. The lowest BCUT2D eigenvalue weighted by Crippen LogP contribution is -2.11. The lowest BCUT2D eigenvalue weighted by atomic mass is 9.81. The third kappa shape index (κ3) is 5.84. The summed E-state index contributed by atoms with van der Waals surface area (Å²) in [5.74, 6) is -0.540. The zero-order chi connectivity index (χ0) is 35.4. The fraction of sp³-hybridized carbons (Fsp3) is 0.0952. The number of fused-ring (bicyclic) bond motifs is 2. The van der Waals surface area contributed by atoms with Crippen LogP contribution in [0.5, 0.6) is 51.7 Å². The highest BCUT2D eigenvalue weighted by atomic mass is 16.5. The number of phenols is 7. The number of hydrogen-bond acceptors (Lipinski definition) is 9. The second-order valence-corrected chi connectivity index (χ2v) is 12.8. The van der Waals surface area contributed by atoms with Gasteiger partial charge in [-0.2, -0.15) is 0 Å². The Morgan fingerprint density at radius 1 is 0.373 bits per heavy atom. The molecule has 4 atom stereocenters. The van der Waals surface area contributed by atoms with Crippen LogP contribution < -0.4 is 9.47 Å². The van der Waals surface area contributed by atoms with Gasteiger partial charge >= 0.3 is 0 Å². The van der Waals surface area contributed by atoms with Gasteiger partial charge in [-0.3, -0.25) is 0 Å². The summed E-state index contributed by atoms with van der Waals surface area (Å²) in [6, 6.07) is 31.0. The maximum Gasteiger partial charge on any atom is 0.135 e. The van der Waals surface area contributed by atoms with Crippen molar-refractivity contribution in [3.8, 4) is 51.7 Å². The molecular formula is C42H32O9. The molecule has 0 bridgehead atoms. The predicted octanol–water partition coefficient (Wildman–Crippen LogP) is 8.33. The topological polar surface area (TPSA) is 160 Å². The molecule has 0 saturated heterocycles. The van der Waals surface area contributed by atoms with Crippen LogP contribution >= 0.6 is 0 Å². The van der Waals surface area contributed by atoms with Gasteiger partial charge in [-0.05, 0) is 106 Å². The summed E-state index contributed by atoms with van der Waals surface area (Å²) in [4.78, 5) is 0. The molecule has 0 radical (unpaired) electrons. The largest absolute Gasteiger partial charge is 0.508 e. The molecule has 0 amide bonds. The van der Waals surface area contributed by atoms with Gasteiger partial charge in [0.25, 0.3) is 0 Å². The molecule has 0 aromatic heterocycles. The van der Waals surface area contributed by atoms with E-state index in [9.17, 15) is 35.7 Å². The van der Waals surface area contributed by atoms with E-state index in [-0.39, 0.29) is 40.2 Å². The third-order valence-corrected chi connectivity index (χ3v) is 9.47. The van der Waals surface area contributed by atoms with Gasteiger partial charge in [0, 0.05) is 17.2 Å². The molecule has 6 aromatic rings. The van der Waals surface area contributed by atoms with Crippen molar-refractivity contribution in [1.82, 2.24) is 0 Å². The fourth-order valence-corrected chi connectivity index (χ4v) is 7.18. The normalized spacial score (nSPS) is 19.0. The van der Waals surface area contributed by atoms with Crippen molar-refractivity contribution in [2.75, 3.05) is 0 Å². The number of hydrogen-bond donors (Lipinski definition) is 7. The zero-order valence-corrected chi connectivity index (χ0v) is 26.9. The first kappa shape index (κ1) is 31.5. The van der Waals surface area contributed by atoms with E-state index >= 15 is 0 Å². The summed E-state index contributed by atoms with van der Waals surface area (Å²) >= 11 is 0. The first-order chi connectivity index (χ1) is 24.6. The maximum absolute atomic E-state index is 11.8. The number of phenolic OH excluding ortho intramolecular Hbond substituents is 7. The molecule has 0 fully saturated rings. The molecule has 0 aliphatic carbocycles. The Hall–Kier alpha value is -6.74. The monoisotopic (exact) mass is 680 g/mol. The van der Waals surface area contributed by atoms with Crippen LogP contribution in [0.3, 0.4) is 0 Å². The van der Waals surface area contributed by atoms with E-state index in [0.29, 0.717) is 44.9 Å². The minimum Gasteiger partial charge on any atom is -0.508 e. The molecule has 2 aliphatic heterocycles. The predicted molar refractivity (Wildman–Crippen MR) is 190 cm³/mol. The van der Waals surface area contributed by atoms with Gasteiger partial charge in [-0.1, -0.05) is 48.6 Å². The summed E-state index contributed by atoms with van der Waals surface area (Å²) in [5, 5.41) is 73.8. The van der Waals surface area contributed by atoms with Crippen molar-refractivity contribution in [3.63, 3.8) is 0 Å². The van der Waals surface area contributed by atoms with Gasteiger partial charge in [-0.25, -0.2) is 0 Å². The number of ether oxygens (including phenoxy) is 2. The third-order valence-electron chi connectivity index (χ3n) is 9.47. The molecule has 9 heteroatoms. The Morgan fingerprint density at radius 2 is 0.804 bits per heavy atom. The highest BCUT2D eigenvalue weighted by Gasteiger charge is 2.43. The molecule has 2 aliphatic rings. The van der Waals surface area contributed by atoms with Gasteiger partial charge in [0.1, 0.15) is 64.0 Å². The van der Waals surface area contributed by atoms with E-state index < -0.39 is 24.0 Å². The minimum atomic E-state index is -0.695. The number of rotatable bonds is 6. The summed E-state index contributed by atoms with van der Waals surface area (Å²) in [6.45, 7) is 0. The Morgan fingerprint density at radius 3 is 1.33 bits per heavy atom. The molecule has 0 unspecified atom stereocenters. The van der Waals surface area contributed by atoms with Crippen molar-refractivity contribution in [1.29, 1.82) is 0 Å². The van der Waals surface area contributed by atoms with Crippen LogP contribution in [0.15, 0.2) is 115 Å². The summed E-state index contributed by atoms with van der Waals surface area (Å²) in [7, 11) is 0. The molecule has 51 heavy (non-hydrogen) atoms. The van der Waals surface area contributed by atoms with Gasteiger partial charge < -0.3 is 45.2 Å². The number of benzene rings is 6. The Bertz CT molecular complexity index is 2270. The Balaban J connectivity index is 1.24. The first-order valence-electron chi connectivity index (χ1n) is 16.3. The van der Waals surface area contributed by atoms with Gasteiger partial charge in [0.2, 0.25) is 0 Å². The highest BCUT2D eigenvalue weighted by molar-refractivity contribution is 5.73. The fourth-order valence-electron chi connectivity index (χ4n) is 7.18. The lowest BCUT2D eigenvalue weighted by molar-refractivity contribution is 0.218. The van der Waals surface area contributed by atoms with E-state index in [0.717, 1.165) is 11.1 Å². The summed E-state index contributed by atoms with van der Waals surface area (Å²) in [5.41, 5.74) is 5.01. The molecular weight excluding hydrogens is 648 g/mol. The van der Waals surface area contributed by atoms with Crippen LogP contribution in [0, 0.1) is 0 Å². The van der Waals surface area contributed by atoms with E-state index in [1.807, 2.05) is 18.2 Å². The SMILES string of the molecule is Oc1ccc(/C=C/c2cc(O)c3c(c2)O[C@H](c2ccc(O)cc2)[C@H]3c2cc(O)c3c(c2)O[C@H](c2ccc(O)cc2)[C@H]3c2cc(O)cc(O)c2)cc1. The van der Waals surface area contributed by atoms with E-state index in [4.69, 9.17) is 9.47 Å². The molecule has 6 aromatic carbocycles. The highest BCUT2D eigenvalue weighted by Crippen LogP contribution is 2.58. The van der Waals surface area contributed by atoms with Crippen molar-refractivity contribution in [2.45, 2.75) is 24.0 Å². The van der Waals surface area contributed by atoms with Gasteiger partial charge in [0.15, 0.2) is 0 Å². The van der Waals surface area contributed by atoms with Gasteiger partial charge in [-0.15, -0.1) is 0 Å². The quantitative estimate of drug-likeness (QED) is 0.0858. The van der Waals surface area contributed by atoms with E-state index in [1.54, 1.807) is 78.9 Å². The molecule has 254 valence electrons. The van der Waals surface area contributed by atoms with Crippen molar-refractivity contribution < 1.29 is 45.2 Å². The van der Waals surface area contributed by atoms with Crippen LogP contribution in [0.4, 0.5) is 0 Å². The smallest absolute Gasteiger partial charge is 0.135 e. The van der Waals surface area contributed by atoms with E-state index in [2.05, 4.69) is 0 Å². The van der Waals surface area contributed by atoms with Crippen LogP contribution in [0.1, 0.15) is 68.6 Å². The van der Waals surface area contributed by atoms with Gasteiger partial charge in [0.05, 0.1) is 11.8 Å². The molecule has 8 rings (SSSR count). The summed E-state index contributed by atoms with van der Waals surface area (Å²) < 4.78 is 13.1. The molecule has 0 spiro atoms. The standard InChI is InChI=1S/C42H32O9/c43-28-9-3-22(4-10-28)1-2-23-15-33(48)39-35(16-23)50-42(25-7-13-30(45)14-8-25)38(39)27-19-34(49)40-36(20-27)51-41(24-5-11-29(44)12-6-24)37(40)26-17-31(46)21-32(47)18-26/h1-21,37-38,41-49H/b2-1+/t37-,38-,41+,42+/m0/s1. The Labute approximate surface area is 292 Å². The first-order valence-corrected chi connectivity index (χ1v) is 16.3. The molecule has 2 heterocycles. The molecule has 0 saturated carbocycles. The van der Waals surface area contributed by atoms with E-state index in [1.165, 1.54) is 30.3 Å². The number of aromatic hydroxyl groups is 7. The minimum absolute atomic E-state index is 0.0138. The van der Waals surface area contributed by atoms with Crippen molar-refractivity contribution in [3.05, 3.63) is 160 Å². The Kier molecular flexibility index (Phi) is 7.60. The van der Waals surface area contributed by atoms with Crippen LogP contribution in [-0.2, 0) is 0 Å². The second kappa shape index (κ2) is 12.3. The lowest BCUT2D eigenvalue weighted by Gasteiger charge is -2.22. The van der Waals surface area contributed by atoms with Crippen LogP contribution in [0.25, 0.3) is 12.2 Å². The van der Waals surface area contributed by atoms with Crippen molar-refractivity contribution >= 4 is 12.2 Å². The summed E-state index contributed by atoms with van der Waals surface area (Å²) in [6.07, 6.45) is 2.33. The average Bonchev–Trinajstić information content (AvgIpc) is 3.68. The van der Waals surface area contributed by atoms with Crippen molar-refractivity contribution in [2.24, 2.45) is 0 Å². The van der Waals surface area contributed by atoms with Crippen LogP contribution in [0.2, 0.25) is 0 Å². The molecule has 7 N–H and O–H groups in total. The molecule has 9 nitrogen and oxygen atoms in total. The van der Waals surface area contributed by atoms with Crippen LogP contribution in [-0.4, -0.2) is 35.7 Å². The second-order valence-electron chi connectivity index (χ2n) is 12.8.